The van der Waals surface area contributed by atoms with Gasteiger partial charge in [0.2, 0.25) is 5.91 Å². The summed E-state index contributed by atoms with van der Waals surface area (Å²) in [4.78, 5) is 19.0. The van der Waals surface area contributed by atoms with Crippen LogP contribution in [0.3, 0.4) is 0 Å². The molecular weight excluding hydrogens is 356 g/mol. The van der Waals surface area contributed by atoms with Crippen LogP contribution in [0.1, 0.15) is 62.7 Å². The molecule has 1 amide bonds. The first-order valence-corrected chi connectivity index (χ1v) is 11.4. The Morgan fingerprint density at radius 1 is 1.19 bits per heavy atom. The molecule has 2 saturated carbocycles. The molecule has 4 rings (SSSR count). The fraction of sp³-hybridized carbons (Fsp3) is 0.773. The van der Waals surface area contributed by atoms with Gasteiger partial charge in [-0.15, -0.1) is 11.3 Å². The SMILES string of the molecule is COC1(CC(=O)N2CCC3(CCC(c4cccs4)(N(C)C)CC3)C2)CCC1. The van der Waals surface area contributed by atoms with Crippen LogP contribution >= 0.6 is 11.3 Å². The number of carbonyl (C=O) groups excluding carboxylic acids is 1. The molecule has 0 radical (unpaired) electrons. The second-order valence-corrected chi connectivity index (χ2v) is 10.3. The molecule has 2 heterocycles. The van der Waals surface area contributed by atoms with Crippen LogP contribution in [-0.4, -0.2) is 55.6 Å². The van der Waals surface area contributed by atoms with E-state index in [1.54, 1.807) is 7.11 Å². The van der Waals surface area contributed by atoms with E-state index in [4.69, 9.17) is 4.74 Å². The number of carbonyl (C=O) groups is 1. The van der Waals surface area contributed by atoms with Crippen LogP contribution in [0.2, 0.25) is 0 Å². The summed E-state index contributed by atoms with van der Waals surface area (Å²) in [5, 5.41) is 2.20. The third-order valence-corrected chi connectivity index (χ3v) is 9.00. The zero-order valence-electron chi connectivity index (χ0n) is 17.1. The number of hydrogen-bond donors (Lipinski definition) is 0. The highest BCUT2D eigenvalue weighted by Crippen LogP contribution is 2.52. The zero-order valence-corrected chi connectivity index (χ0v) is 17.9. The van der Waals surface area contributed by atoms with Crippen molar-refractivity contribution in [1.82, 2.24) is 9.80 Å². The maximum absolute atomic E-state index is 12.9. The fourth-order valence-corrected chi connectivity index (χ4v) is 6.69. The molecule has 0 bridgehead atoms. The van der Waals surface area contributed by atoms with Crippen molar-refractivity contribution >= 4 is 17.2 Å². The summed E-state index contributed by atoms with van der Waals surface area (Å²) in [6, 6.07) is 4.48. The lowest BCUT2D eigenvalue weighted by molar-refractivity contribution is -0.143. The van der Waals surface area contributed by atoms with Gasteiger partial charge in [-0.2, -0.15) is 0 Å². The lowest BCUT2D eigenvalue weighted by Crippen LogP contribution is -2.48. The van der Waals surface area contributed by atoms with Gasteiger partial charge in [-0.25, -0.2) is 0 Å². The molecule has 5 heteroatoms. The first-order valence-electron chi connectivity index (χ1n) is 10.5. The van der Waals surface area contributed by atoms with E-state index >= 15 is 0 Å². The standard InChI is InChI=1S/C22H34N2O2S/c1-23(2)22(18-6-4-15-27-18)11-9-20(10-12-22)13-14-24(17-20)19(25)16-21(26-3)7-5-8-21/h4,6,15H,5,7-14,16-17H2,1-3H3. The minimum atomic E-state index is -0.154. The van der Waals surface area contributed by atoms with Crippen molar-refractivity contribution in [1.29, 1.82) is 0 Å². The molecule has 0 aromatic carbocycles. The Morgan fingerprint density at radius 2 is 1.93 bits per heavy atom. The number of hydrogen-bond acceptors (Lipinski definition) is 4. The number of nitrogens with zero attached hydrogens (tertiary/aromatic N) is 2. The molecular formula is C22H34N2O2S. The normalized spacial score (nSPS) is 32.8. The fourth-order valence-electron chi connectivity index (χ4n) is 5.62. The van der Waals surface area contributed by atoms with Gasteiger partial charge in [0.1, 0.15) is 0 Å². The number of rotatable bonds is 5. The first kappa shape index (κ1) is 19.4. The van der Waals surface area contributed by atoms with Crippen molar-refractivity contribution in [3.63, 3.8) is 0 Å². The Kier molecular flexibility index (Phi) is 5.15. The van der Waals surface area contributed by atoms with Crippen molar-refractivity contribution in [2.75, 3.05) is 34.3 Å². The van der Waals surface area contributed by atoms with Crippen LogP contribution in [0.4, 0.5) is 0 Å². The molecule has 150 valence electrons. The second-order valence-electron chi connectivity index (χ2n) is 9.39. The predicted octanol–water partition coefficient (Wildman–Crippen LogP) is 4.26. The Labute approximate surface area is 167 Å². The molecule has 3 aliphatic rings. The lowest BCUT2D eigenvalue weighted by atomic mass is 9.66. The molecule has 1 aromatic heterocycles. The monoisotopic (exact) mass is 390 g/mol. The third kappa shape index (κ3) is 3.36. The number of likely N-dealkylation sites (tertiary alicyclic amines) is 1. The average Bonchev–Trinajstić information content (AvgIpc) is 3.30. The van der Waals surface area contributed by atoms with Gasteiger partial charge >= 0.3 is 0 Å². The van der Waals surface area contributed by atoms with E-state index in [-0.39, 0.29) is 11.1 Å². The molecule has 3 fully saturated rings. The van der Waals surface area contributed by atoms with E-state index in [0.29, 0.717) is 17.7 Å². The van der Waals surface area contributed by atoms with E-state index in [1.165, 1.54) is 43.4 Å². The van der Waals surface area contributed by atoms with Gasteiger partial charge in [0.25, 0.3) is 0 Å². The Hall–Kier alpha value is -0.910. The Morgan fingerprint density at radius 3 is 2.44 bits per heavy atom. The van der Waals surface area contributed by atoms with Crippen molar-refractivity contribution in [3.05, 3.63) is 22.4 Å². The van der Waals surface area contributed by atoms with Gasteiger partial charge in [-0.1, -0.05) is 6.07 Å². The van der Waals surface area contributed by atoms with Crippen LogP contribution in [0.25, 0.3) is 0 Å². The Bertz CT molecular complexity index is 652. The summed E-state index contributed by atoms with van der Waals surface area (Å²) in [6.07, 6.45) is 9.88. The minimum Gasteiger partial charge on any atom is -0.378 e. The van der Waals surface area contributed by atoms with Crippen molar-refractivity contribution in [2.24, 2.45) is 5.41 Å². The number of ether oxygens (including phenoxy) is 1. The molecule has 1 aromatic rings. The molecule has 1 aliphatic heterocycles. The first-order chi connectivity index (χ1) is 12.9. The predicted molar refractivity (Wildman–Crippen MR) is 110 cm³/mol. The average molecular weight is 391 g/mol. The highest BCUT2D eigenvalue weighted by Gasteiger charge is 2.49. The summed E-state index contributed by atoms with van der Waals surface area (Å²) < 4.78 is 5.68. The highest BCUT2D eigenvalue weighted by molar-refractivity contribution is 7.10. The van der Waals surface area contributed by atoms with Crippen LogP contribution in [0.5, 0.6) is 0 Å². The molecule has 27 heavy (non-hydrogen) atoms. The minimum absolute atomic E-state index is 0.154. The third-order valence-electron chi connectivity index (χ3n) is 7.94. The molecule has 1 saturated heterocycles. The van der Waals surface area contributed by atoms with E-state index in [9.17, 15) is 4.79 Å². The van der Waals surface area contributed by atoms with Gasteiger partial charge in [-0.05, 0) is 82.3 Å². The molecule has 2 aliphatic carbocycles. The van der Waals surface area contributed by atoms with Crippen LogP contribution in [0.15, 0.2) is 17.5 Å². The van der Waals surface area contributed by atoms with E-state index < -0.39 is 0 Å². The number of amides is 1. The molecule has 4 nitrogen and oxygen atoms in total. The summed E-state index contributed by atoms with van der Waals surface area (Å²) >= 11 is 1.89. The van der Waals surface area contributed by atoms with Crippen molar-refractivity contribution in [3.8, 4) is 0 Å². The van der Waals surface area contributed by atoms with Crippen molar-refractivity contribution in [2.45, 2.75) is 68.9 Å². The van der Waals surface area contributed by atoms with Gasteiger partial charge < -0.3 is 9.64 Å². The van der Waals surface area contributed by atoms with Crippen molar-refractivity contribution < 1.29 is 9.53 Å². The van der Waals surface area contributed by atoms with E-state index in [0.717, 1.165) is 25.9 Å². The van der Waals surface area contributed by atoms with Crippen LogP contribution in [-0.2, 0) is 15.1 Å². The van der Waals surface area contributed by atoms with Gasteiger partial charge in [0.15, 0.2) is 0 Å². The maximum Gasteiger partial charge on any atom is 0.225 e. The molecule has 1 spiro atoms. The summed E-state index contributed by atoms with van der Waals surface area (Å²) in [6.45, 7) is 1.90. The highest BCUT2D eigenvalue weighted by atomic mass is 32.1. The van der Waals surface area contributed by atoms with E-state index in [2.05, 4.69) is 41.4 Å². The number of methoxy groups -OCH3 is 1. The van der Waals surface area contributed by atoms with Crippen LogP contribution in [0, 0.1) is 5.41 Å². The van der Waals surface area contributed by atoms with Gasteiger partial charge in [-0.3, -0.25) is 9.69 Å². The summed E-state index contributed by atoms with van der Waals surface area (Å²) in [7, 11) is 6.22. The Balaban J connectivity index is 1.40. The second kappa shape index (κ2) is 7.16. The van der Waals surface area contributed by atoms with Gasteiger partial charge in [0, 0.05) is 25.1 Å². The molecule has 0 N–H and O–H groups in total. The van der Waals surface area contributed by atoms with E-state index in [1.807, 2.05) is 11.3 Å². The maximum atomic E-state index is 12.9. The topological polar surface area (TPSA) is 32.8 Å². The summed E-state index contributed by atoms with van der Waals surface area (Å²) in [5.41, 5.74) is 0.369. The summed E-state index contributed by atoms with van der Waals surface area (Å²) in [5.74, 6) is 0.316. The zero-order chi connectivity index (χ0) is 19.1. The smallest absolute Gasteiger partial charge is 0.225 e. The lowest BCUT2D eigenvalue weighted by Gasteiger charge is -2.48. The number of thiophene rings is 1. The molecule has 0 atom stereocenters. The quantitative estimate of drug-likeness (QED) is 0.753. The molecule has 0 unspecified atom stereocenters. The largest absolute Gasteiger partial charge is 0.378 e. The van der Waals surface area contributed by atoms with Crippen LogP contribution < -0.4 is 0 Å². The van der Waals surface area contributed by atoms with Gasteiger partial charge in [0.05, 0.1) is 17.6 Å².